The fraction of sp³-hybridized carbons (Fsp3) is 0.812. The zero-order valence-corrected chi connectivity index (χ0v) is 16.3. The van der Waals surface area contributed by atoms with Crippen molar-refractivity contribution in [2.75, 3.05) is 38.7 Å². The fourth-order valence-electron chi connectivity index (χ4n) is 1.38. The molecule has 134 valence electrons. The molecular weight excluding hydrogens is 332 g/mol. The van der Waals surface area contributed by atoms with Crippen molar-refractivity contribution in [3.05, 3.63) is 0 Å². The SMILES string of the molecule is CCC#CCNC(=O)COCCOC(C)SSCCNC(C)C. The lowest BCUT2D eigenvalue weighted by Gasteiger charge is -2.12. The van der Waals surface area contributed by atoms with Gasteiger partial charge in [-0.1, -0.05) is 48.3 Å². The summed E-state index contributed by atoms with van der Waals surface area (Å²) in [7, 11) is 3.51. The lowest BCUT2D eigenvalue weighted by Crippen LogP contribution is -2.28. The Morgan fingerprint density at radius 1 is 1.22 bits per heavy atom. The van der Waals surface area contributed by atoms with Crippen LogP contribution in [-0.4, -0.2) is 56.0 Å². The first-order valence-electron chi connectivity index (χ1n) is 7.99. The van der Waals surface area contributed by atoms with Crippen LogP contribution < -0.4 is 10.6 Å². The van der Waals surface area contributed by atoms with E-state index in [-0.39, 0.29) is 18.0 Å². The number of nitrogens with one attached hydrogen (secondary N) is 2. The van der Waals surface area contributed by atoms with Crippen LogP contribution in [0.15, 0.2) is 0 Å². The molecule has 7 heteroatoms. The van der Waals surface area contributed by atoms with E-state index < -0.39 is 0 Å². The fourth-order valence-corrected chi connectivity index (χ4v) is 3.30. The number of amides is 1. The summed E-state index contributed by atoms with van der Waals surface area (Å²) in [4.78, 5) is 11.4. The molecule has 1 amide bonds. The van der Waals surface area contributed by atoms with E-state index >= 15 is 0 Å². The van der Waals surface area contributed by atoms with Crippen LogP contribution in [0.25, 0.3) is 0 Å². The van der Waals surface area contributed by atoms with E-state index in [1.165, 1.54) is 0 Å². The molecule has 0 heterocycles. The van der Waals surface area contributed by atoms with E-state index in [1.54, 1.807) is 21.6 Å². The second kappa shape index (κ2) is 16.5. The Balaban J connectivity index is 3.37. The molecule has 5 nitrogen and oxygen atoms in total. The molecule has 0 saturated heterocycles. The quantitative estimate of drug-likeness (QED) is 0.227. The highest BCUT2D eigenvalue weighted by Gasteiger charge is 2.04. The predicted molar refractivity (Wildman–Crippen MR) is 100 cm³/mol. The topological polar surface area (TPSA) is 59.6 Å². The highest BCUT2D eigenvalue weighted by Crippen LogP contribution is 2.26. The highest BCUT2D eigenvalue weighted by molar-refractivity contribution is 8.76. The van der Waals surface area contributed by atoms with Gasteiger partial charge < -0.3 is 20.1 Å². The predicted octanol–water partition coefficient (Wildman–Crippen LogP) is 2.27. The van der Waals surface area contributed by atoms with Crippen molar-refractivity contribution in [3.8, 4) is 11.8 Å². The second-order valence-electron chi connectivity index (χ2n) is 5.00. The molecule has 0 aromatic heterocycles. The Kier molecular flexibility index (Phi) is 16.2. The molecule has 0 radical (unpaired) electrons. The summed E-state index contributed by atoms with van der Waals surface area (Å²) in [5.74, 6) is 6.64. The molecule has 0 aromatic rings. The molecule has 23 heavy (non-hydrogen) atoms. The van der Waals surface area contributed by atoms with Crippen LogP contribution >= 0.6 is 21.6 Å². The van der Waals surface area contributed by atoms with Crippen LogP contribution in [0.1, 0.15) is 34.1 Å². The monoisotopic (exact) mass is 362 g/mol. The summed E-state index contributed by atoms with van der Waals surface area (Å²) in [6.07, 6.45) is 0.798. The van der Waals surface area contributed by atoms with Crippen molar-refractivity contribution in [1.82, 2.24) is 10.6 Å². The van der Waals surface area contributed by atoms with Gasteiger partial charge >= 0.3 is 0 Å². The van der Waals surface area contributed by atoms with Crippen molar-refractivity contribution in [2.24, 2.45) is 0 Å². The molecule has 0 aliphatic heterocycles. The van der Waals surface area contributed by atoms with Crippen LogP contribution in [0.4, 0.5) is 0 Å². The maximum absolute atomic E-state index is 11.4. The number of rotatable bonds is 13. The summed E-state index contributed by atoms with van der Waals surface area (Å²) in [5, 5.41) is 6.04. The van der Waals surface area contributed by atoms with Gasteiger partial charge in [0.05, 0.1) is 19.8 Å². The smallest absolute Gasteiger partial charge is 0.246 e. The van der Waals surface area contributed by atoms with Gasteiger partial charge in [-0.3, -0.25) is 4.79 Å². The Morgan fingerprint density at radius 2 is 2.00 bits per heavy atom. The summed E-state index contributed by atoms with van der Waals surface area (Å²) in [6.45, 7) is 10.6. The molecule has 0 rings (SSSR count). The van der Waals surface area contributed by atoms with Crippen LogP contribution in [0.5, 0.6) is 0 Å². The maximum atomic E-state index is 11.4. The molecule has 0 saturated carbocycles. The van der Waals surface area contributed by atoms with E-state index in [9.17, 15) is 4.79 Å². The third-order valence-electron chi connectivity index (χ3n) is 2.43. The molecule has 2 N–H and O–H groups in total. The van der Waals surface area contributed by atoms with E-state index in [0.29, 0.717) is 25.8 Å². The summed E-state index contributed by atoms with van der Waals surface area (Å²) in [5.41, 5.74) is 0.112. The van der Waals surface area contributed by atoms with Gasteiger partial charge in [-0.2, -0.15) is 0 Å². The van der Waals surface area contributed by atoms with Gasteiger partial charge in [-0.05, 0) is 6.92 Å². The van der Waals surface area contributed by atoms with Crippen LogP contribution in [0, 0.1) is 11.8 Å². The summed E-state index contributed by atoms with van der Waals surface area (Å²) >= 11 is 0. The molecule has 0 aliphatic rings. The Morgan fingerprint density at radius 3 is 2.70 bits per heavy atom. The minimum absolute atomic E-state index is 0.0499. The molecule has 0 fully saturated rings. The van der Waals surface area contributed by atoms with Crippen molar-refractivity contribution in [1.29, 1.82) is 0 Å². The summed E-state index contributed by atoms with van der Waals surface area (Å²) < 4.78 is 10.9. The van der Waals surface area contributed by atoms with Crippen molar-refractivity contribution in [2.45, 2.75) is 45.6 Å². The first kappa shape index (κ1) is 22.6. The second-order valence-corrected chi connectivity index (χ2v) is 7.79. The van der Waals surface area contributed by atoms with Crippen molar-refractivity contribution < 1.29 is 14.3 Å². The zero-order valence-electron chi connectivity index (χ0n) is 14.6. The molecule has 1 atom stereocenters. The van der Waals surface area contributed by atoms with Gasteiger partial charge in [0.15, 0.2) is 0 Å². The number of ether oxygens (including phenoxy) is 2. The minimum atomic E-state index is -0.147. The Labute approximate surface area is 148 Å². The molecule has 0 aromatic carbocycles. The largest absolute Gasteiger partial charge is 0.369 e. The Bertz CT molecular complexity index is 357. The number of carbonyl (C=O) groups excluding carboxylic acids is 1. The van der Waals surface area contributed by atoms with Crippen molar-refractivity contribution >= 4 is 27.5 Å². The van der Waals surface area contributed by atoms with Gasteiger partial charge in [0.1, 0.15) is 12.0 Å². The van der Waals surface area contributed by atoms with Gasteiger partial charge in [0.2, 0.25) is 5.91 Å². The standard InChI is InChI=1S/C16H30N2O3S2/c1-5-6-7-8-18-16(19)13-20-10-11-21-15(4)23-22-12-9-17-14(2)3/h14-15,17H,5,8-13H2,1-4H3,(H,18,19). The van der Waals surface area contributed by atoms with Gasteiger partial charge in [0.25, 0.3) is 0 Å². The first-order valence-corrected chi connectivity index (χ1v) is 10.4. The first-order chi connectivity index (χ1) is 11.1. The molecule has 0 spiro atoms. The molecule has 0 aliphatic carbocycles. The molecule has 1 unspecified atom stereocenters. The van der Waals surface area contributed by atoms with Crippen molar-refractivity contribution in [3.63, 3.8) is 0 Å². The van der Waals surface area contributed by atoms with Crippen LogP contribution in [0.3, 0.4) is 0 Å². The molecule has 0 bridgehead atoms. The lowest BCUT2D eigenvalue weighted by molar-refractivity contribution is -0.126. The van der Waals surface area contributed by atoms with Gasteiger partial charge in [-0.25, -0.2) is 0 Å². The third-order valence-corrected chi connectivity index (χ3v) is 5.07. The third kappa shape index (κ3) is 17.8. The average Bonchev–Trinajstić information content (AvgIpc) is 2.50. The zero-order chi connectivity index (χ0) is 17.3. The average molecular weight is 363 g/mol. The Hall–Kier alpha value is -0.390. The van der Waals surface area contributed by atoms with E-state index in [1.807, 2.05) is 13.8 Å². The van der Waals surface area contributed by atoms with Gasteiger partial charge in [-0.15, -0.1) is 5.92 Å². The van der Waals surface area contributed by atoms with E-state index in [4.69, 9.17) is 9.47 Å². The molecular formula is C16H30N2O3S2. The minimum Gasteiger partial charge on any atom is -0.369 e. The number of carbonyl (C=O) groups is 1. The van der Waals surface area contributed by atoms with Crippen LogP contribution in [0.2, 0.25) is 0 Å². The number of hydrogen-bond acceptors (Lipinski definition) is 6. The van der Waals surface area contributed by atoms with Crippen LogP contribution in [-0.2, 0) is 14.3 Å². The normalized spacial score (nSPS) is 11.9. The van der Waals surface area contributed by atoms with E-state index in [0.717, 1.165) is 18.7 Å². The number of hydrogen-bond donors (Lipinski definition) is 2. The van der Waals surface area contributed by atoms with Gasteiger partial charge in [0, 0.05) is 24.8 Å². The summed E-state index contributed by atoms with van der Waals surface area (Å²) in [6, 6.07) is 0.530. The van der Waals surface area contributed by atoms with E-state index in [2.05, 4.69) is 36.3 Å². The maximum Gasteiger partial charge on any atom is 0.246 e. The lowest BCUT2D eigenvalue weighted by atomic mass is 10.4. The highest BCUT2D eigenvalue weighted by atomic mass is 33.1.